The molecule has 2 aromatic carbocycles. The van der Waals surface area contributed by atoms with Gasteiger partial charge in [-0.15, -0.1) is 0 Å². The highest BCUT2D eigenvalue weighted by molar-refractivity contribution is 5.98. The molecule has 2 heterocycles. The summed E-state index contributed by atoms with van der Waals surface area (Å²) in [5.74, 6) is 1.03. The second-order valence-corrected chi connectivity index (χ2v) is 5.99. The van der Waals surface area contributed by atoms with Gasteiger partial charge in [0.05, 0.1) is 19.1 Å². The third-order valence-electron chi connectivity index (χ3n) is 4.49. The van der Waals surface area contributed by atoms with Gasteiger partial charge in [-0.25, -0.2) is 4.79 Å². The fraction of sp³-hybridized carbons (Fsp3) is 0.263. The molecule has 2 aromatic rings. The molecule has 0 spiro atoms. The first-order valence-corrected chi connectivity index (χ1v) is 8.06. The summed E-state index contributed by atoms with van der Waals surface area (Å²) in [6.07, 6.45) is 1.02. The molecule has 128 valence electrons. The summed E-state index contributed by atoms with van der Waals surface area (Å²) in [7, 11) is 1.36. The smallest absolute Gasteiger partial charge is 0.337 e. The number of hydrogen-bond acceptors (Lipinski definition) is 5. The van der Waals surface area contributed by atoms with Gasteiger partial charge >= 0.3 is 5.97 Å². The zero-order valence-electron chi connectivity index (χ0n) is 13.8. The van der Waals surface area contributed by atoms with E-state index in [1.807, 2.05) is 24.3 Å². The van der Waals surface area contributed by atoms with Gasteiger partial charge in [0.2, 0.25) is 12.7 Å². The minimum atomic E-state index is -0.368. The van der Waals surface area contributed by atoms with Gasteiger partial charge in [-0.1, -0.05) is 6.07 Å². The van der Waals surface area contributed by atoms with E-state index in [9.17, 15) is 9.59 Å². The minimum Gasteiger partial charge on any atom is -0.465 e. The minimum absolute atomic E-state index is 0.0171. The Morgan fingerprint density at radius 3 is 2.80 bits per heavy atom. The SMILES string of the molecule is COC(=O)c1ccc2c(c1)CCN2C(=O)Cc1ccc2c(c1)OCO2. The van der Waals surface area contributed by atoms with Crippen molar-refractivity contribution in [1.29, 1.82) is 0 Å². The summed E-state index contributed by atoms with van der Waals surface area (Å²) < 4.78 is 15.4. The summed E-state index contributed by atoms with van der Waals surface area (Å²) in [6.45, 7) is 0.831. The van der Waals surface area contributed by atoms with Crippen molar-refractivity contribution in [3.63, 3.8) is 0 Å². The number of methoxy groups -OCH3 is 1. The zero-order valence-corrected chi connectivity index (χ0v) is 13.8. The summed E-state index contributed by atoms with van der Waals surface area (Å²) in [5.41, 5.74) is 3.24. The van der Waals surface area contributed by atoms with Gasteiger partial charge in [0.15, 0.2) is 11.5 Å². The van der Waals surface area contributed by atoms with Gasteiger partial charge in [0, 0.05) is 12.2 Å². The zero-order chi connectivity index (χ0) is 17.4. The van der Waals surface area contributed by atoms with Crippen LogP contribution in [0.4, 0.5) is 5.69 Å². The number of ether oxygens (including phenoxy) is 3. The van der Waals surface area contributed by atoms with Gasteiger partial charge in [-0.2, -0.15) is 0 Å². The summed E-state index contributed by atoms with van der Waals surface area (Å²) in [6, 6.07) is 10.9. The number of fused-ring (bicyclic) bond motifs is 2. The highest BCUT2D eigenvalue weighted by Crippen LogP contribution is 2.33. The first kappa shape index (κ1) is 15.5. The Morgan fingerprint density at radius 1 is 1.12 bits per heavy atom. The molecule has 0 radical (unpaired) electrons. The van der Waals surface area contributed by atoms with Gasteiger partial charge in [-0.05, 0) is 47.9 Å². The van der Waals surface area contributed by atoms with Gasteiger partial charge in [-0.3, -0.25) is 4.79 Å². The molecule has 0 saturated heterocycles. The summed E-state index contributed by atoms with van der Waals surface area (Å²) >= 11 is 0. The predicted molar refractivity (Wildman–Crippen MR) is 90.1 cm³/mol. The van der Waals surface area contributed by atoms with Crippen molar-refractivity contribution in [3.05, 3.63) is 53.1 Å². The quantitative estimate of drug-likeness (QED) is 0.803. The molecular weight excluding hydrogens is 322 g/mol. The molecule has 6 nitrogen and oxygen atoms in total. The number of benzene rings is 2. The van der Waals surface area contributed by atoms with Crippen LogP contribution in [0.2, 0.25) is 0 Å². The highest BCUT2D eigenvalue weighted by atomic mass is 16.7. The van der Waals surface area contributed by atoms with Crippen LogP contribution >= 0.6 is 0 Å². The summed E-state index contributed by atoms with van der Waals surface area (Å²) in [5, 5.41) is 0. The molecule has 0 fully saturated rings. The Labute approximate surface area is 144 Å². The average Bonchev–Trinajstić information content (AvgIpc) is 3.26. The molecule has 25 heavy (non-hydrogen) atoms. The number of hydrogen-bond donors (Lipinski definition) is 0. The molecule has 0 bridgehead atoms. The lowest BCUT2D eigenvalue weighted by atomic mass is 10.1. The van der Waals surface area contributed by atoms with Crippen LogP contribution in [0.25, 0.3) is 0 Å². The van der Waals surface area contributed by atoms with E-state index in [0.717, 1.165) is 23.2 Å². The largest absolute Gasteiger partial charge is 0.465 e. The lowest BCUT2D eigenvalue weighted by Gasteiger charge is -2.17. The van der Waals surface area contributed by atoms with Crippen LogP contribution in [0, 0.1) is 0 Å². The number of rotatable bonds is 3. The van der Waals surface area contributed by atoms with Crippen molar-refractivity contribution in [2.45, 2.75) is 12.8 Å². The second-order valence-electron chi connectivity index (χ2n) is 5.99. The lowest BCUT2D eigenvalue weighted by molar-refractivity contribution is -0.117. The molecule has 2 aliphatic heterocycles. The molecule has 0 atom stereocenters. The molecule has 6 heteroatoms. The van der Waals surface area contributed by atoms with Crippen molar-refractivity contribution >= 4 is 17.6 Å². The maximum Gasteiger partial charge on any atom is 0.337 e. The van der Waals surface area contributed by atoms with Crippen molar-refractivity contribution in [1.82, 2.24) is 0 Å². The molecule has 0 saturated carbocycles. The number of carbonyl (C=O) groups excluding carboxylic acids is 2. The predicted octanol–water partition coefficient (Wildman–Crippen LogP) is 2.33. The van der Waals surface area contributed by atoms with E-state index < -0.39 is 0 Å². The fourth-order valence-corrected chi connectivity index (χ4v) is 3.23. The van der Waals surface area contributed by atoms with Crippen LogP contribution in [0.3, 0.4) is 0 Å². The number of carbonyl (C=O) groups is 2. The normalized spacial score (nSPS) is 14.4. The lowest BCUT2D eigenvalue weighted by Crippen LogP contribution is -2.30. The number of esters is 1. The number of nitrogens with zero attached hydrogens (tertiary/aromatic N) is 1. The highest BCUT2D eigenvalue weighted by Gasteiger charge is 2.26. The summed E-state index contributed by atoms with van der Waals surface area (Å²) in [4.78, 5) is 26.1. The van der Waals surface area contributed by atoms with E-state index in [1.165, 1.54) is 7.11 Å². The standard InChI is InChI=1S/C19H17NO5/c1-23-19(22)14-3-4-15-13(10-14)6-7-20(15)18(21)9-12-2-5-16-17(8-12)25-11-24-16/h2-5,8,10H,6-7,9,11H2,1H3. The number of anilines is 1. The Hall–Kier alpha value is -3.02. The van der Waals surface area contributed by atoms with E-state index in [-0.39, 0.29) is 25.1 Å². The monoisotopic (exact) mass is 339 g/mol. The van der Waals surface area contributed by atoms with Crippen LogP contribution in [-0.2, 0) is 22.4 Å². The van der Waals surface area contributed by atoms with E-state index >= 15 is 0 Å². The fourth-order valence-electron chi connectivity index (χ4n) is 3.23. The topological polar surface area (TPSA) is 65.1 Å². The maximum atomic E-state index is 12.7. The molecule has 0 aromatic heterocycles. The van der Waals surface area contributed by atoms with E-state index in [2.05, 4.69) is 0 Å². The first-order chi connectivity index (χ1) is 12.2. The van der Waals surface area contributed by atoms with E-state index in [1.54, 1.807) is 17.0 Å². The van der Waals surface area contributed by atoms with Gasteiger partial charge < -0.3 is 19.1 Å². The van der Waals surface area contributed by atoms with Crippen LogP contribution in [0.15, 0.2) is 36.4 Å². The molecule has 0 N–H and O–H groups in total. The van der Waals surface area contributed by atoms with Crippen molar-refractivity contribution in [2.75, 3.05) is 25.3 Å². The number of amides is 1. The van der Waals surface area contributed by atoms with Crippen LogP contribution in [-0.4, -0.2) is 32.3 Å². The van der Waals surface area contributed by atoms with Crippen molar-refractivity contribution < 1.29 is 23.8 Å². The van der Waals surface area contributed by atoms with Gasteiger partial charge in [0.25, 0.3) is 0 Å². The Morgan fingerprint density at radius 2 is 1.96 bits per heavy atom. The molecule has 1 amide bonds. The van der Waals surface area contributed by atoms with Crippen LogP contribution in [0.1, 0.15) is 21.5 Å². The molecule has 0 unspecified atom stereocenters. The van der Waals surface area contributed by atoms with E-state index in [0.29, 0.717) is 23.6 Å². The molecule has 2 aliphatic rings. The molecule has 0 aliphatic carbocycles. The first-order valence-electron chi connectivity index (χ1n) is 8.06. The third kappa shape index (κ3) is 2.80. The molecular formula is C19H17NO5. The Kier molecular flexibility index (Phi) is 3.80. The Balaban J connectivity index is 1.52. The second kappa shape index (κ2) is 6.12. The maximum absolute atomic E-state index is 12.7. The van der Waals surface area contributed by atoms with Crippen LogP contribution in [0.5, 0.6) is 11.5 Å². The van der Waals surface area contributed by atoms with Crippen LogP contribution < -0.4 is 14.4 Å². The third-order valence-corrected chi connectivity index (χ3v) is 4.49. The van der Waals surface area contributed by atoms with Gasteiger partial charge in [0.1, 0.15) is 0 Å². The van der Waals surface area contributed by atoms with Crippen molar-refractivity contribution in [2.24, 2.45) is 0 Å². The van der Waals surface area contributed by atoms with Crippen molar-refractivity contribution in [3.8, 4) is 11.5 Å². The van der Waals surface area contributed by atoms with E-state index in [4.69, 9.17) is 14.2 Å². The Bertz CT molecular complexity index is 861. The molecule has 4 rings (SSSR count). The average molecular weight is 339 g/mol.